The first kappa shape index (κ1) is 24.5. The number of Topliss-reactive ketones (excluding diaryl/α,β-unsaturated/α-hetero) is 1. The number of hydrogen-bond donors (Lipinski definition) is 1. The SMILES string of the molecule is O=C(CC1CCN(c2cccc(Cl)c2)C1)c1ccc(Oc2cc3c(cc2Cl)C(C(=O)O)CCO3)cc1. The average molecular weight is 526 g/mol. The number of ether oxygens (including phenoxy) is 2. The lowest BCUT2D eigenvalue weighted by Gasteiger charge is -2.24. The van der Waals surface area contributed by atoms with Crippen LogP contribution in [0.25, 0.3) is 0 Å². The number of fused-ring (bicyclic) bond motifs is 1. The fourth-order valence-electron chi connectivity index (χ4n) is 4.85. The summed E-state index contributed by atoms with van der Waals surface area (Å²) in [7, 11) is 0. The van der Waals surface area contributed by atoms with Gasteiger partial charge in [0.2, 0.25) is 0 Å². The molecule has 2 atom stereocenters. The van der Waals surface area contributed by atoms with Crippen molar-refractivity contribution in [1.82, 2.24) is 0 Å². The van der Waals surface area contributed by atoms with Gasteiger partial charge in [0, 0.05) is 47.4 Å². The average Bonchev–Trinajstić information content (AvgIpc) is 3.33. The largest absolute Gasteiger partial charge is 0.493 e. The number of benzene rings is 3. The number of carboxylic acid groups (broad SMARTS) is 1. The zero-order chi connectivity index (χ0) is 25.2. The number of nitrogens with zero attached hydrogens (tertiary/aromatic N) is 1. The first-order chi connectivity index (χ1) is 17.4. The Morgan fingerprint density at radius 3 is 2.61 bits per heavy atom. The van der Waals surface area contributed by atoms with Gasteiger partial charge >= 0.3 is 5.97 Å². The third-order valence-corrected chi connectivity index (χ3v) is 7.27. The molecular weight excluding hydrogens is 501 g/mol. The van der Waals surface area contributed by atoms with Gasteiger partial charge in [0.15, 0.2) is 5.78 Å². The first-order valence-electron chi connectivity index (χ1n) is 11.9. The molecule has 5 rings (SSSR count). The van der Waals surface area contributed by atoms with E-state index >= 15 is 0 Å². The van der Waals surface area contributed by atoms with Gasteiger partial charge in [-0.2, -0.15) is 0 Å². The Morgan fingerprint density at radius 1 is 1.06 bits per heavy atom. The van der Waals surface area contributed by atoms with E-state index in [0.29, 0.717) is 57.9 Å². The van der Waals surface area contributed by atoms with Crippen LogP contribution in [0.5, 0.6) is 17.2 Å². The Balaban J connectivity index is 1.21. The molecule has 1 saturated heterocycles. The van der Waals surface area contributed by atoms with Crippen molar-refractivity contribution < 1.29 is 24.2 Å². The van der Waals surface area contributed by atoms with Gasteiger partial charge in [-0.3, -0.25) is 9.59 Å². The van der Waals surface area contributed by atoms with Gasteiger partial charge in [-0.25, -0.2) is 0 Å². The lowest BCUT2D eigenvalue weighted by molar-refractivity contribution is -0.139. The van der Waals surface area contributed by atoms with Crippen molar-refractivity contribution in [2.24, 2.45) is 5.92 Å². The fourth-order valence-corrected chi connectivity index (χ4v) is 5.24. The standard InChI is InChI=1S/C28H25Cl2NO5/c29-19-2-1-3-20(13-19)31-10-8-17(16-31)12-25(32)18-4-6-21(7-5-18)36-27-15-26-23(14-24(27)30)22(28(33)34)9-11-35-26/h1-7,13-15,17,22H,8-12,16H2,(H,33,34). The summed E-state index contributed by atoms with van der Waals surface area (Å²) >= 11 is 12.5. The molecule has 2 unspecified atom stereocenters. The molecule has 3 aromatic carbocycles. The van der Waals surface area contributed by atoms with Gasteiger partial charge in [0.1, 0.15) is 17.2 Å². The van der Waals surface area contributed by atoms with Crippen molar-refractivity contribution in [3.05, 3.63) is 81.8 Å². The Morgan fingerprint density at radius 2 is 1.86 bits per heavy atom. The fraction of sp³-hybridized carbons (Fsp3) is 0.286. The Labute approximate surface area is 219 Å². The van der Waals surface area contributed by atoms with Crippen LogP contribution in [0.3, 0.4) is 0 Å². The summed E-state index contributed by atoms with van der Waals surface area (Å²) in [5.74, 6) is 0.181. The quantitative estimate of drug-likeness (QED) is 0.340. The molecule has 1 fully saturated rings. The molecule has 1 N–H and O–H groups in total. The zero-order valence-corrected chi connectivity index (χ0v) is 21.0. The topological polar surface area (TPSA) is 76.1 Å². The van der Waals surface area contributed by atoms with Gasteiger partial charge in [-0.05, 0) is 67.3 Å². The molecule has 2 heterocycles. The molecule has 0 spiro atoms. The summed E-state index contributed by atoms with van der Waals surface area (Å²) in [6, 6.07) is 18.0. The molecular formula is C28H25Cl2NO5. The van der Waals surface area contributed by atoms with Crippen molar-refractivity contribution >= 4 is 40.6 Å². The summed E-state index contributed by atoms with van der Waals surface area (Å²) in [6.45, 7) is 2.05. The van der Waals surface area contributed by atoms with Crippen LogP contribution in [0.15, 0.2) is 60.7 Å². The van der Waals surface area contributed by atoms with E-state index in [4.69, 9.17) is 32.7 Å². The minimum absolute atomic E-state index is 0.0967. The number of aliphatic carboxylic acids is 1. The van der Waals surface area contributed by atoms with Crippen LogP contribution in [-0.4, -0.2) is 36.6 Å². The van der Waals surface area contributed by atoms with E-state index in [1.54, 1.807) is 36.4 Å². The number of hydrogen-bond acceptors (Lipinski definition) is 5. The van der Waals surface area contributed by atoms with Crippen LogP contribution < -0.4 is 14.4 Å². The molecule has 0 aliphatic carbocycles. The maximum absolute atomic E-state index is 12.9. The molecule has 0 amide bonds. The molecule has 2 aliphatic rings. The van der Waals surface area contributed by atoms with Gasteiger partial charge in [-0.15, -0.1) is 0 Å². The van der Waals surface area contributed by atoms with E-state index in [1.807, 2.05) is 24.3 Å². The predicted molar refractivity (Wildman–Crippen MR) is 139 cm³/mol. The van der Waals surface area contributed by atoms with Crippen LogP contribution in [-0.2, 0) is 4.79 Å². The second-order valence-electron chi connectivity index (χ2n) is 9.18. The van der Waals surface area contributed by atoms with E-state index < -0.39 is 11.9 Å². The zero-order valence-electron chi connectivity index (χ0n) is 19.5. The van der Waals surface area contributed by atoms with E-state index in [1.165, 1.54) is 0 Å². The summed E-state index contributed by atoms with van der Waals surface area (Å²) in [6.07, 6.45) is 1.84. The Hall–Kier alpha value is -3.22. The molecule has 6 nitrogen and oxygen atoms in total. The van der Waals surface area contributed by atoms with Crippen molar-refractivity contribution in [2.75, 3.05) is 24.6 Å². The number of carbonyl (C=O) groups excluding carboxylic acids is 1. The second kappa shape index (κ2) is 10.4. The monoisotopic (exact) mass is 525 g/mol. The molecule has 8 heteroatoms. The molecule has 2 aliphatic heterocycles. The van der Waals surface area contributed by atoms with Crippen molar-refractivity contribution in [2.45, 2.75) is 25.2 Å². The highest BCUT2D eigenvalue weighted by Gasteiger charge is 2.29. The summed E-state index contributed by atoms with van der Waals surface area (Å²) < 4.78 is 11.6. The Kier molecular flexibility index (Phi) is 7.08. The molecule has 0 radical (unpaired) electrons. The van der Waals surface area contributed by atoms with Crippen LogP contribution in [0.4, 0.5) is 5.69 Å². The third-order valence-electron chi connectivity index (χ3n) is 6.74. The molecule has 0 bridgehead atoms. The molecule has 36 heavy (non-hydrogen) atoms. The third kappa shape index (κ3) is 5.30. The highest BCUT2D eigenvalue weighted by Crippen LogP contribution is 2.42. The molecule has 3 aromatic rings. The number of carboxylic acids is 1. The summed E-state index contributed by atoms with van der Waals surface area (Å²) in [4.78, 5) is 26.7. The van der Waals surface area contributed by atoms with Crippen LogP contribution >= 0.6 is 23.2 Å². The number of anilines is 1. The summed E-state index contributed by atoms with van der Waals surface area (Å²) in [5, 5.41) is 10.5. The van der Waals surface area contributed by atoms with Gasteiger partial charge in [0.05, 0.1) is 17.5 Å². The second-order valence-corrected chi connectivity index (χ2v) is 10.0. The van der Waals surface area contributed by atoms with Gasteiger partial charge in [-0.1, -0.05) is 29.3 Å². The van der Waals surface area contributed by atoms with E-state index in [2.05, 4.69) is 4.90 Å². The molecule has 0 saturated carbocycles. The highest BCUT2D eigenvalue weighted by molar-refractivity contribution is 6.32. The highest BCUT2D eigenvalue weighted by atomic mass is 35.5. The number of halogens is 2. The van der Waals surface area contributed by atoms with Gasteiger partial charge < -0.3 is 19.5 Å². The van der Waals surface area contributed by atoms with Crippen LogP contribution in [0.2, 0.25) is 10.0 Å². The van der Waals surface area contributed by atoms with Crippen LogP contribution in [0, 0.1) is 5.92 Å². The molecule has 0 aromatic heterocycles. The normalized spacial score (nSPS) is 18.9. The van der Waals surface area contributed by atoms with E-state index in [9.17, 15) is 14.7 Å². The number of ketones is 1. The minimum Gasteiger partial charge on any atom is -0.493 e. The van der Waals surface area contributed by atoms with Crippen molar-refractivity contribution in [1.29, 1.82) is 0 Å². The number of rotatable bonds is 7. The Bertz CT molecular complexity index is 1290. The van der Waals surface area contributed by atoms with Crippen molar-refractivity contribution in [3.8, 4) is 17.2 Å². The lowest BCUT2D eigenvalue weighted by Crippen LogP contribution is -2.20. The van der Waals surface area contributed by atoms with E-state index in [-0.39, 0.29) is 11.7 Å². The number of carbonyl (C=O) groups is 2. The predicted octanol–water partition coefficient (Wildman–Crippen LogP) is 6.84. The molecule has 186 valence electrons. The maximum atomic E-state index is 12.9. The summed E-state index contributed by atoms with van der Waals surface area (Å²) in [5.41, 5.74) is 2.27. The first-order valence-corrected chi connectivity index (χ1v) is 12.6. The van der Waals surface area contributed by atoms with Crippen molar-refractivity contribution in [3.63, 3.8) is 0 Å². The minimum atomic E-state index is -0.903. The maximum Gasteiger partial charge on any atom is 0.311 e. The lowest BCUT2D eigenvalue weighted by atomic mass is 9.93. The van der Waals surface area contributed by atoms with Gasteiger partial charge in [0.25, 0.3) is 0 Å². The smallest absolute Gasteiger partial charge is 0.311 e. The van der Waals surface area contributed by atoms with E-state index in [0.717, 1.165) is 25.2 Å². The van der Waals surface area contributed by atoms with Crippen LogP contribution in [0.1, 0.15) is 41.1 Å².